The van der Waals surface area contributed by atoms with Crippen LogP contribution in [0.3, 0.4) is 0 Å². The van der Waals surface area contributed by atoms with E-state index in [2.05, 4.69) is 25.0 Å². The van der Waals surface area contributed by atoms with Gasteiger partial charge in [0.25, 0.3) is 0 Å². The molecule has 0 saturated heterocycles. The van der Waals surface area contributed by atoms with Gasteiger partial charge in [0, 0.05) is 29.2 Å². The third-order valence-corrected chi connectivity index (χ3v) is 8.11. The fourth-order valence-electron chi connectivity index (χ4n) is 5.27. The van der Waals surface area contributed by atoms with Crippen molar-refractivity contribution in [2.24, 2.45) is 22.2 Å². The number of nitrogens with two attached hydrogens (primary N) is 3. The minimum atomic E-state index is -4.66. The molecule has 1 atom stereocenters. The molecule has 0 amide bonds. The monoisotopic (exact) mass is 752 g/mol. The SMILES string of the molecule is CC(C)(C)c1cc(CCCCN)cc(OC(F)(F)F)c1.CC(C)(C)c1cc2cn(-c3ccc(C(NCCCN=C(N)N)C(F)(F)F)cc3)c(=O)nc2[nH]1. The van der Waals surface area contributed by atoms with Gasteiger partial charge in [-0.15, -0.1) is 13.2 Å². The van der Waals surface area contributed by atoms with Gasteiger partial charge in [0.05, 0.1) is 5.69 Å². The van der Waals surface area contributed by atoms with Crippen molar-refractivity contribution in [1.29, 1.82) is 0 Å². The zero-order valence-corrected chi connectivity index (χ0v) is 30.9. The fraction of sp³-hybridized carbons (Fsp3) is 0.486. The van der Waals surface area contributed by atoms with Gasteiger partial charge in [-0.25, -0.2) is 4.79 Å². The van der Waals surface area contributed by atoms with E-state index in [9.17, 15) is 31.1 Å². The number of fused-ring (bicyclic) bond motifs is 1. The Labute approximate surface area is 305 Å². The van der Waals surface area contributed by atoms with Gasteiger partial charge >= 0.3 is 18.2 Å². The van der Waals surface area contributed by atoms with Crippen molar-refractivity contribution in [3.63, 3.8) is 0 Å². The van der Waals surface area contributed by atoms with Crippen molar-refractivity contribution >= 4 is 17.0 Å². The molecule has 2 aromatic carbocycles. The van der Waals surface area contributed by atoms with Gasteiger partial charge in [0.1, 0.15) is 17.4 Å². The number of halogens is 6. The molecule has 4 aromatic rings. The molecule has 10 nitrogen and oxygen atoms in total. The van der Waals surface area contributed by atoms with Gasteiger partial charge in [-0.1, -0.05) is 59.7 Å². The zero-order valence-electron chi connectivity index (χ0n) is 30.9. The van der Waals surface area contributed by atoms with Crippen LogP contribution in [0.1, 0.15) is 89.2 Å². The second-order valence-electron chi connectivity index (χ2n) is 14.7. The van der Waals surface area contributed by atoms with Crippen LogP contribution in [-0.4, -0.2) is 52.7 Å². The number of benzene rings is 2. The number of aliphatic imine (C=N–C) groups is 1. The number of nitrogens with zero attached hydrogens (tertiary/aromatic N) is 3. The molecule has 1 unspecified atom stereocenters. The lowest BCUT2D eigenvalue weighted by Crippen LogP contribution is -2.35. The number of H-pyrrole nitrogens is 1. The predicted octanol–water partition coefficient (Wildman–Crippen LogP) is 7.03. The van der Waals surface area contributed by atoms with Crippen molar-refractivity contribution in [1.82, 2.24) is 19.9 Å². The lowest BCUT2D eigenvalue weighted by Gasteiger charge is -2.22. The molecule has 292 valence electrons. The highest BCUT2D eigenvalue weighted by Gasteiger charge is 2.40. The van der Waals surface area contributed by atoms with E-state index < -0.39 is 24.3 Å². The fourth-order valence-corrected chi connectivity index (χ4v) is 5.27. The first-order valence-corrected chi connectivity index (χ1v) is 17.2. The van der Waals surface area contributed by atoms with Crippen LogP contribution < -0.4 is 32.9 Å². The molecule has 4 rings (SSSR count). The maximum Gasteiger partial charge on any atom is 0.573 e. The van der Waals surface area contributed by atoms with Gasteiger partial charge in [-0.2, -0.15) is 18.2 Å². The third kappa shape index (κ3) is 13.4. The Morgan fingerprint density at radius 3 is 2.13 bits per heavy atom. The number of aromatic nitrogens is 3. The van der Waals surface area contributed by atoms with Crippen molar-refractivity contribution < 1.29 is 31.1 Å². The first-order valence-electron chi connectivity index (χ1n) is 17.2. The molecule has 0 aliphatic carbocycles. The second kappa shape index (κ2) is 17.5. The Morgan fingerprint density at radius 2 is 1.58 bits per heavy atom. The van der Waals surface area contributed by atoms with E-state index in [1.165, 1.54) is 41.0 Å². The highest BCUT2D eigenvalue weighted by Crippen LogP contribution is 2.34. The molecule has 0 spiro atoms. The summed E-state index contributed by atoms with van der Waals surface area (Å²) in [4.78, 5) is 23.5. The van der Waals surface area contributed by atoms with E-state index in [0.717, 1.165) is 35.0 Å². The third-order valence-electron chi connectivity index (χ3n) is 8.11. The normalized spacial score (nSPS) is 13.0. The minimum Gasteiger partial charge on any atom is -0.406 e. The summed E-state index contributed by atoms with van der Waals surface area (Å²) in [5, 5.41) is 3.24. The van der Waals surface area contributed by atoms with E-state index in [1.807, 2.05) is 53.7 Å². The number of unbranched alkanes of at least 4 members (excludes halogenated alkanes) is 1. The first-order chi connectivity index (χ1) is 24.5. The summed E-state index contributed by atoms with van der Waals surface area (Å²) in [7, 11) is 0. The summed E-state index contributed by atoms with van der Waals surface area (Å²) in [6.07, 6.45) is -4.76. The van der Waals surface area contributed by atoms with E-state index in [0.29, 0.717) is 30.7 Å². The van der Waals surface area contributed by atoms with Gasteiger partial charge < -0.3 is 32.2 Å². The van der Waals surface area contributed by atoms with E-state index in [-0.39, 0.29) is 41.2 Å². The van der Waals surface area contributed by atoms with Crippen molar-refractivity contribution in [3.05, 3.63) is 87.6 Å². The van der Waals surface area contributed by atoms with Crippen LogP contribution in [0.15, 0.2) is 64.5 Å². The Bertz CT molecular complexity index is 1860. The quantitative estimate of drug-likeness (QED) is 0.0449. The molecule has 0 aliphatic rings. The molecule has 0 radical (unpaired) electrons. The van der Waals surface area contributed by atoms with Crippen molar-refractivity contribution in [2.75, 3.05) is 19.6 Å². The van der Waals surface area contributed by atoms with Crippen LogP contribution >= 0.6 is 0 Å². The molecule has 2 aromatic heterocycles. The highest BCUT2D eigenvalue weighted by atomic mass is 19.4. The number of alkyl halides is 6. The molecule has 16 heteroatoms. The number of guanidine groups is 1. The molecule has 0 aliphatic heterocycles. The highest BCUT2D eigenvalue weighted by molar-refractivity contribution is 5.76. The predicted molar refractivity (Wildman–Crippen MR) is 196 cm³/mol. The summed E-state index contributed by atoms with van der Waals surface area (Å²) in [5.41, 5.74) is 18.5. The number of rotatable bonds is 12. The zero-order chi connectivity index (χ0) is 39.8. The van der Waals surface area contributed by atoms with Crippen LogP contribution in [0.25, 0.3) is 16.7 Å². The molecular weight excluding hydrogens is 702 g/mol. The molecule has 0 saturated carbocycles. The number of aryl methyl sites for hydroxylation is 1. The molecule has 8 N–H and O–H groups in total. The average Bonchev–Trinajstić information content (AvgIpc) is 3.45. The Kier molecular flexibility index (Phi) is 14.1. The van der Waals surface area contributed by atoms with Crippen LogP contribution in [0.2, 0.25) is 0 Å². The average molecular weight is 753 g/mol. The summed E-state index contributed by atoms with van der Waals surface area (Å²) in [6, 6.07) is 10.6. The van der Waals surface area contributed by atoms with Crippen LogP contribution in [0, 0.1) is 0 Å². The summed E-state index contributed by atoms with van der Waals surface area (Å²) in [5.74, 6) is -0.247. The number of hydrogen-bond acceptors (Lipinski definition) is 6. The summed E-state index contributed by atoms with van der Waals surface area (Å²) < 4.78 is 83.3. The Hall–Kier alpha value is -4.57. The van der Waals surface area contributed by atoms with Crippen molar-refractivity contribution in [2.45, 2.75) is 96.6 Å². The topological polar surface area (TPSA) is 162 Å². The lowest BCUT2D eigenvalue weighted by molar-refractivity contribution is -0.274. The molecular formula is C37H50F6N8O2. The summed E-state index contributed by atoms with van der Waals surface area (Å²) in [6.45, 7) is 12.9. The maximum atomic E-state index is 13.6. The summed E-state index contributed by atoms with van der Waals surface area (Å²) >= 11 is 0. The minimum absolute atomic E-state index is 0.0341. The number of nitrogens with one attached hydrogen (secondary N) is 2. The molecule has 2 heterocycles. The maximum absolute atomic E-state index is 13.6. The van der Waals surface area contributed by atoms with E-state index >= 15 is 0 Å². The van der Waals surface area contributed by atoms with Gasteiger partial charge in [-0.05, 0) is 91.2 Å². The smallest absolute Gasteiger partial charge is 0.406 e. The van der Waals surface area contributed by atoms with Gasteiger partial charge in [0.2, 0.25) is 0 Å². The molecule has 53 heavy (non-hydrogen) atoms. The van der Waals surface area contributed by atoms with E-state index in [4.69, 9.17) is 17.2 Å². The Morgan fingerprint density at radius 1 is 0.925 bits per heavy atom. The Balaban J connectivity index is 0.000000324. The standard InChI is InChI=1S/C22H28F3N7O.C15H22F3NO/c1-21(2,3)16-11-14-12-32(20(33)31-18(14)30-16)15-7-5-13(6-8-15)17(22(23,24)25)28-9-4-10-29-19(26)27;1-14(2,3)12-8-11(6-4-5-7-19)9-13(10-12)20-15(16,17)18/h5-8,11-12,17,28H,4,9-10H2,1-3H3,(H4,26,27,29)(H,30,31,33);8-10H,4-7,19H2,1-3H3. The van der Waals surface area contributed by atoms with Gasteiger partial charge in [0.15, 0.2) is 5.96 Å². The number of hydrogen-bond donors (Lipinski definition) is 5. The van der Waals surface area contributed by atoms with Crippen LogP contribution in [0.4, 0.5) is 26.3 Å². The largest absolute Gasteiger partial charge is 0.573 e. The second-order valence-corrected chi connectivity index (χ2v) is 14.7. The van der Waals surface area contributed by atoms with Gasteiger partial charge in [-0.3, -0.25) is 9.56 Å². The number of ether oxygens (including phenoxy) is 1. The van der Waals surface area contributed by atoms with Crippen molar-refractivity contribution in [3.8, 4) is 11.4 Å². The number of aromatic amines is 1. The van der Waals surface area contributed by atoms with Crippen LogP contribution in [-0.2, 0) is 17.3 Å². The lowest BCUT2D eigenvalue weighted by atomic mass is 9.85. The first kappa shape index (κ1) is 42.8. The van der Waals surface area contributed by atoms with E-state index in [1.54, 1.807) is 6.20 Å². The van der Waals surface area contributed by atoms with Crippen LogP contribution in [0.5, 0.6) is 5.75 Å². The molecule has 0 fully saturated rings. The molecule has 0 bridgehead atoms.